The van der Waals surface area contributed by atoms with E-state index in [2.05, 4.69) is 13.8 Å². The highest BCUT2D eigenvalue weighted by Gasteiger charge is 2.09. The average molecular weight is 202 g/mol. The quantitative estimate of drug-likeness (QED) is 0.814. The summed E-state index contributed by atoms with van der Waals surface area (Å²) in [7, 11) is 0. The lowest BCUT2D eigenvalue weighted by Gasteiger charge is -2.11. The first-order chi connectivity index (χ1) is 6.08. The molecule has 0 aliphatic rings. The molecule has 0 saturated carbocycles. The molecular weight excluding hydrogens is 186 g/mol. The van der Waals surface area contributed by atoms with E-state index in [1.165, 1.54) is 0 Å². The topological polar surface area (TPSA) is 39.2 Å². The Labute approximate surface area is 84.1 Å². The van der Waals surface area contributed by atoms with Crippen LogP contribution in [0.25, 0.3) is 0 Å². The third kappa shape index (κ3) is 3.83. The zero-order valence-corrected chi connectivity index (χ0v) is 8.84. The van der Waals surface area contributed by atoms with Crippen molar-refractivity contribution in [2.24, 2.45) is 11.7 Å². The van der Waals surface area contributed by atoms with Crippen LogP contribution in [0, 0.1) is 5.92 Å². The van der Waals surface area contributed by atoms with E-state index in [1.54, 1.807) is 6.07 Å². The molecule has 1 heterocycles. The Kier molecular flexibility index (Phi) is 3.82. The molecule has 74 valence electrons. The van der Waals surface area contributed by atoms with Crippen molar-refractivity contribution in [1.82, 2.24) is 0 Å². The maximum Gasteiger partial charge on any atom is 0.193 e. The van der Waals surface area contributed by atoms with Gasteiger partial charge in [-0.2, -0.15) is 0 Å². The molecule has 1 atom stereocenters. The molecule has 0 aliphatic heterocycles. The van der Waals surface area contributed by atoms with Crippen molar-refractivity contribution < 1.29 is 4.42 Å². The lowest BCUT2D eigenvalue weighted by Crippen LogP contribution is -2.24. The third-order valence-corrected chi connectivity index (χ3v) is 2.07. The SMILES string of the molecule is CC(C)CC(N)Cc1ccc(Cl)o1. The van der Waals surface area contributed by atoms with Crippen LogP contribution in [0.3, 0.4) is 0 Å². The number of rotatable bonds is 4. The van der Waals surface area contributed by atoms with Gasteiger partial charge in [0.05, 0.1) is 0 Å². The van der Waals surface area contributed by atoms with Crippen LogP contribution in [0.5, 0.6) is 0 Å². The van der Waals surface area contributed by atoms with Crippen LogP contribution < -0.4 is 5.73 Å². The van der Waals surface area contributed by atoms with Gasteiger partial charge in [0.15, 0.2) is 5.22 Å². The highest BCUT2D eigenvalue weighted by Crippen LogP contribution is 2.16. The summed E-state index contributed by atoms with van der Waals surface area (Å²) < 4.78 is 5.22. The number of halogens is 1. The van der Waals surface area contributed by atoms with Gasteiger partial charge in [0.1, 0.15) is 5.76 Å². The van der Waals surface area contributed by atoms with Gasteiger partial charge in [0.2, 0.25) is 0 Å². The predicted octanol–water partition coefficient (Wildman–Crippen LogP) is 2.85. The second-order valence-corrected chi connectivity index (χ2v) is 4.17. The van der Waals surface area contributed by atoms with Crippen molar-refractivity contribution in [3.8, 4) is 0 Å². The molecule has 13 heavy (non-hydrogen) atoms. The van der Waals surface area contributed by atoms with Crippen molar-refractivity contribution in [3.05, 3.63) is 23.1 Å². The first kappa shape index (κ1) is 10.6. The van der Waals surface area contributed by atoms with Crippen molar-refractivity contribution >= 4 is 11.6 Å². The van der Waals surface area contributed by atoms with Gasteiger partial charge in [-0.3, -0.25) is 0 Å². The standard InChI is InChI=1S/C10H16ClNO/c1-7(2)5-8(12)6-9-3-4-10(11)13-9/h3-4,7-8H,5-6,12H2,1-2H3. The molecular formula is C10H16ClNO. The smallest absolute Gasteiger partial charge is 0.193 e. The Morgan fingerprint density at radius 2 is 2.15 bits per heavy atom. The molecule has 0 bridgehead atoms. The summed E-state index contributed by atoms with van der Waals surface area (Å²) in [5, 5.41) is 0.437. The van der Waals surface area contributed by atoms with E-state index in [0.717, 1.165) is 18.6 Å². The van der Waals surface area contributed by atoms with E-state index in [4.69, 9.17) is 21.8 Å². The Hall–Kier alpha value is -0.470. The van der Waals surface area contributed by atoms with Crippen LogP contribution in [0.15, 0.2) is 16.5 Å². The number of hydrogen-bond acceptors (Lipinski definition) is 2. The van der Waals surface area contributed by atoms with Crippen LogP contribution in [0.4, 0.5) is 0 Å². The second kappa shape index (κ2) is 4.68. The Balaban J connectivity index is 2.40. The largest absolute Gasteiger partial charge is 0.450 e. The minimum Gasteiger partial charge on any atom is -0.450 e. The van der Waals surface area contributed by atoms with Gasteiger partial charge in [0, 0.05) is 12.5 Å². The molecule has 1 aromatic heterocycles. The number of nitrogens with two attached hydrogens (primary N) is 1. The van der Waals surface area contributed by atoms with E-state index < -0.39 is 0 Å². The van der Waals surface area contributed by atoms with Gasteiger partial charge in [0.25, 0.3) is 0 Å². The zero-order chi connectivity index (χ0) is 9.84. The average Bonchev–Trinajstić information content (AvgIpc) is 2.33. The van der Waals surface area contributed by atoms with Crippen LogP contribution >= 0.6 is 11.6 Å². The summed E-state index contributed by atoms with van der Waals surface area (Å²) in [6, 6.07) is 3.80. The molecule has 0 aromatic carbocycles. The first-order valence-corrected chi connectivity index (χ1v) is 4.95. The lowest BCUT2D eigenvalue weighted by atomic mass is 10.0. The van der Waals surface area contributed by atoms with Gasteiger partial charge in [-0.05, 0) is 36.1 Å². The number of hydrogen-bond donors (Lipinski definition) is 1. The normalized spacial score (nSPS) is 13.6. The maximum absolute atomic E-state index is 5.91. The molecule has 1 rings (SSSR count). The lowest BCUT2D eigenvalue weighted by molar-refractivity contribution is 0.442. The van der Waals surface area contributed by atoms with Crippen LogP contribution in [-0.2, 0) is 6.42 Å². The highest BCUT2D eigenvalue weighted by molar-refractivity contribution is 6.28. The van der Waals surface area contributed by atoms with Crippen LogP contribution in [0.2, 0.25) is 5.22 Å². The van der Waals surface area contributed by atoms with Crippen molar-refractivity contribution in [2.45, 2.75) is 32.7 Å². The third-order valence-electron chi connectivity index (χ3n) is 1.87. The highest BCUT2D eigenvalue weighted by atomic mass is 35.5. The Morgan fingerprint density at radius 3 is 2.62 bits per heavy atom. The summed E-state index contributed by atoms with van der Waals surface area (Å²) >= 11 is 5.64. The molecule has 1 aromatic rings. The van der Waals surface area contributed by atoms with E-state index in [9.17, 15) is 0 Å². The molecule has 0 radical (unpaired) electrons. The van der Waals surface area contributed by atoms with Gasteiger partial charge in [-0.1, -0.05) is 13.8 Å². The molecule has 0 spiro atoms. The number of furan rings is 1. The van der Waals surface area contributed by atoms with Crippen molar-refractivity contribution in [1.29, 1.82) is 0 Å². The fourth-order valence-electron chi connectivity index (χ4n) is 1.41. The molecule has 1 unspecified atom stereocenters. The minimum absolute atomic E-state index is 0.169. The minimum atomic E-state index is 0.169. The molecule has 3 heteroatoms. The Morgan fingerprint density at radius 1 is 1.46 bits per heavy atom. The molecule has 0 fully saturated rings. The fourth-order valence-corrected chi connectivity index (χ4v) is 1.57. The molecule has 0 aliphatic carbocycles. The maximum atomic E-state index is 5.91. The molecule has 0 amide bonds. The van der Waals surface area contributed by atoms with E-state index in [-0.39, 0.29) is 6.04 Å². The van der Waals surface area contributed by atoms with E-state index in [1.807, 2.05) is 6.07 Å². The second-order valence-electron chi connectivity index (χ2n) is 3.80. The molecule has 2 N–H and O–H groups in total. The summed E-state index contributed by atoms with van der Waals surface area (Å²) in [5.74, 6) is 1.50. The fraction of sp³-hybridized carbons (Fsp3) is 0.600. The van der Waals surface area contributed by atoms with Crippen molar-refractivity contribution in [3.63, 3.8) is 0 Å². The Bertz CT molecular complexity index is 257. The molecule has 2 nitrogen and oxygen atoms in total. The van der Waals surface area contributed by atoms with E-state index in [0.29, 0.717) is 11.1 Å². The first-order valence-electron chi connectivity index (χ1n) is 4.57. The van der Waals surface area contributed by atoms with Crippen molar-refractivity contribution in [2.75, 3.05) is 0 Å². The summed E-state index contributed by atoms with van der Waals surface area (Å²) in [6.07, 6.45) is 1.78. The summed E-state index contributed by atoms with van der Waals surface area (Å²) in [6.45, 7) is 4.32. The monoisotopic (exact) mass is 201 g/mol. The van der Waals surface area contributed by atoms with Gasteiger partial charge < -0.3 is 10.2 Å². The van der Waals surface area contributed by atoms with Crippen LogP contribution in [-0.4, -0.2) is 6.04 Å². The summed E-state index contributed by atoms with van der Waals surface area (Å²) in [5.41, 5.74) is 5.91. The van der Waals surface area contributed by atoms with Crippen LogP contribution in [0.1, 0.15) is 26.0 Å². The zero-order valence-electron chi connectivity index (χ0n) is 8.09. The predicted molar refractivity (Wildman–Crippen MR) is 54.9 cm³/mol. The van der Waals surface area contributed by atoms with Gasteiger partial charge >= 0.3 is 0 Å². The van der Waals surface area contributed by atoms with Gasteiger partial charge in [-0.15, -0.1) is 0 Å². The van der Waals surface area contributed by atoms with Gasteiger partial charge in [-0.25, -0.2) is 0 Å². The molecule has 0 saturated heterocycles. The van der Waals surface area contributed by atoms with E-state index >= 15 is 0 Å². The summed E-state index contributed by atoms with van der Waals surface area (Å²) in [4.78, 5) is 0.